The van der Waals surface area contributed by atoms with Gasteiger partial charge in [-0.15, -0.1) is 0 Å². The fourth-order valence-electron chi connectivity index (χ4n) is 1.75. The van der Waals surface area contributed by atoms with E-state index in [0.717, 1.165) is 23.1 Å². The van der Waals surface area contributed by atoms with E-state index in [0.29, 0.717) is 10.7 Å². The van der Waals surface area contributed by atoms with Gasteiger partial charge in [0.15, 0.2) is 5.17 Å². The maximum atomic E-state index is 11.5. The highest BCUT2D eigenvalue weighted by Crippen LogP contribution is 2.29. The molecule has 0 fully saturated rings. The summed E-state index contributed by atoms with van der Waals surface area (Å²) in [4.78, 5) is 15.6. The van der Waals surface area contributed by atoms with Crippen LogP contribution in [0.1, 0.15) is 5.76 Å². The van der Waals surface area contributed by atoms with Gasteiger partial charge in [0, 0.05) is 15.2 Å². The zero-order chi connectivity index (χ0) is 14.1. The van der Waals surface area contributed by atoms with Crippen LogP contribution in [0.5, 0.6) is 0 Å². The first-order chi connectivity index (χ1) is 9.61. The van der Waals surface area contributed by atoms with Crippen LogP contribution in [0.3, 0.4) is 0 Å². The first-order valence-electron chi connectivity index (χ1n) is 5.75. The van der Waals surface area contributed by atoms with Gasteiger partial charge < -0.3 is 10.2 Å². The molecule has 2 heterocycles. The standard InChI is InChI=1S/C14H9IN2O2S/c15-9-3-1-8(2-4-9)11-6-5-10(19-11)7-12-13(18)17-14(16)20-12/h1-7H,(H2,16,17,18)/b12-7-. The van der Waals surface area contributed by atoms with Crippen LogP contribution in [-0.4, -0.2) is 11.1 Å². The van der Waals surface area contributed by atoms with Crippen LogP contribution in [0, 0.1) is 3.57 Å². The molecule has 1 aromatic heterocycles. The van der Waals surface area contributed by atoms with Gasteiger partial charge in [0.2, 0.25) is 0 Å². The monoisotopic (exact) mass is 396 g/mol. The molecule has 0 unspecified atom stereocenters. The summed E-state index contributed by atoms with van der Waals surface area (Å²) in [6.45, 7) is 0. The number of thioether (sulfide) groups is 1. The fraction of sp³-hybridized carbons (Fsp3) is 0. The van der Waals surface area contributed by atoms with Gasteiger partial charge >= 0.3 is 0 Å². The molecule has 4 nitrogen and oxygen atoms in total. The highest BCUT2D eigenvalue weighted by atomic mass is 127. The largest absolute Gasteiger partial charge is 0.457 e. The molecular weight excluding hydrogens is 387 g/mol. The number of nitrogens with two attached hydrogens (primary N) is 1. The van der Waals surface area contributed by atoms with Gasteiger partial charge in [-0.05, 0) is 58.6 Å². The Morgan fingerprint density at radius 2 is 1.95 bits per heavy atom. The number of hydrogen-bond acceptors (Lipinski definition) is 4. The number of carbonyl (C=O) groups excluding carboxylic acids is 1. The van der Waals surface area contributed by atoms with Gasteiger partial charge in [0.25, 0.3) is 5.91 Å². The number of aliphatic imine (C=N–C) groups is 1. The van der Waals surface area contributed by atoms with E-state index >= 15 is 0 Å². The molecular formula is C14H9IN2O2S. The first-order valence-corrected chi connectivity index (χ1v) is 7.65. The maximum Gasteiger partial charge on any atom is 0.286 e. The molecule has 1 amide bonds. The molecule has 0 saturated carbocycles. The molecule has 2 N–H and O–H groups in total. The number of hydrogen-bond donors (Lipinski definition) is 1. The third-order valence-corrected chi connectivity index (χ3v) is 4.20. The van der Waals surface area contributed by atoms with Gasteiger partial charge in [-0.2, -0.15) is 4.99 Å². The molecule has 0 bridgehead atoms. The molecule has 1 aliphatic heterocycles. The van der Waals surface area contributed by atoms with Crippen LogP contribution in [0.25, 0.3) is 17.4 Å². The summed E-state index contributed by atoms with van der Waals surface area (Å²) in [5.74, 6) is 1.05. The number of rotatable bonds is 2. The predicted molar refractivity (Wildman–Crippen MR) is 89.1 cm³/mol. The molecule has 0 aliphatic carbocycles. The van der Waals surface area contributed by atoms with Crippen molar-refractivity contribution in [2.24, 2.45) is 10.7 Å². The Balaban J connectivity index is 1.86. The van der Waals surface area contributed by atoms with Crippen molar-refractivity contribution >= 4 is 51.5 Å². The lowest BCUT2D eigenvalue weighted by molar-refractivity contribution is -0.113. The van der Waals surface area contributed by atoms with Crippen molar-refractivity contribution in [2.75, 3.05) is 0 Å². The first kappa shape index (κ1) is 13.4. The van der Waals surface area contributed by atoms with Crippen molar-refractivity contribution in [1.82, 2.24) is 0 Å². The molecule has 0 spiro atoms. The van der Waals surface area contributed by atoms with Gasteiger partial charge in [-0.1, -0.05) is 12.1 Å². The van der Waals surface area contributed by atoms with E-state index in [4.69, 9.17) is 10.2 Å². The lowest BCUT2D eigenvalue weighted by Crippen LogP contribution is -2.01. The highest BCUT2D eigenvalue weighted by Gasteiger charge is 2.20. The SMILES string of the molecule is NC1=NC(=O)/C(=C/c2ccc(-c3ccc(I)cc3)o2)S1. The number of amidine groups is 1. The van der Waals surface area contributed by atoms with Crippen LogP contribution in [-0.2, 0) is 4.79 Å². The maximum absolute atomic E-state index is 11.5. The topological polar surface area (TPSA) is 68.6 Å². The van der Waals surface area contributed by atoms with Crippen LogP contribution >= 0.6 is 34.4 Å². The highest BCUT2D eigenvalue weighted by molar-refractivity contribution is 14.1. The number of benzene rings is 1. The number of amides is 1. The molecule has 100 valence electrons. The summed E-state index contributed by atoms with van der Waals surface area (Å²) in [5, 5.41) is 0.269. The molecule has 6 heteroatoms. The van der Waals surface area contributed by atoms with Gasteiger partial charge in [-0.25, -0.2) is 0 Å². The molecule has 3 rings (SSSR count). The Morgan fingerprint density at radius 1 is 1.20 bits per heavy atom. The Bertz CT molecular complexity index is 732. The van der Waals surface area contributed by atoms with Crippen molar-refractivity contribution < 1.29 is 9.21 Å². The zero-order valence-electron chi connectivity index (χ0n) is 10.2. The van der Waals surface area contributed by atoms with E-state index in [9.17, 15) is 4.79 Å². The van der Waals surface area contributed by atoms with Crippen LogP contribution in [0.2, 0.25) is 0 Å². The molecule has 0 atom stereocenters. The zero-order valence-corrected chi connectivity index (χ0v) is 13.1. The van der Waals surface area contributed by atoms with E-state index in [1.165, 1.54) is 3.57 Å². The molecule has 2 aromatic rings. The second kappa shape index (κ2) is 5.45. The average Bonchev–Trinajstić information content (AvgIpc) is 2.98. The average molecular weight is 396 g/mol. The Labute approximate surface area is 133 Å². The molecule has 20 heavy (non-hydrogen) atoms. The summed E-state index contributed by atoms with van der Waals surface area (Å²) < 4.78 is 6.89. The lowest BCUT2D eigenvalue weighted by atomic mass is 10.2. The van der Waals surface area contributed by atoms with E-state index in [1.807, 2.05) is 36.4 Å². The van der Waals surface area contributed by atoms with Gasteiger partial charge in [0.05, 0.1) is 4.91 Å². The van der Waals surface area contributed by atoms with Crippen molar-refractivity contribution in [3.63, 3.8) is 0 Å². The molecule has 1 aromatic carbocycles. The number of nitrogens with zero attached hydrogens (tertiary/aromatic N) is 1. The van der Waals surface area contributed by atoms with E-state index < -0.39 is 0 Å². The Kier molecular flexibility index (Phi) is 3.66. The predicted octanol–water partition coefficient (Wildman–Crippen LogP) is 3.48. The summed E-state index contributed by atoms with van der Waals surface area (Å²) in [7, 11) is 0. The third kappa shape index (κ3) is 2.80. The van der Waals surface area contributed by atoms with E-state index in [1.54, 1.807) is 6.08 Å². The third-order valence-electron chi connectivity index (χ3n) is 2.67. The van der Waals surface area contributed by atoms with Gasteiger partial charge in [-0.3, -0.25) is 4.79 Å². The van der Waals surface area contributed by atoms with Crippen LogP contribution in [0.15, 0.2) is 50.7 Å². The molecule has 0 saturated heterocycles. The Morgan fingerprint density at radius 3 is 2.60 bits per heavy atom. The van der Waals surface area contributed by atoms with Crippen LogP contribution < -0.4 is 5.73 Å². The normalized spacial score (nSPS) is 16.8. The number of furan rings is 1. The molecule has 1 aliphatic rings. The smallest absolute Gasteiger partial charge is 0.286 e. The van der Waals surface area contributed by atoms with Gasteiger partial charge in [0.1, 0.15) is 11.5 Å². The van der Waals surface area contributed by atoms with Crippen molar-refractivity contribution in [1.29, 1.82) is 0 Å². The second-order valence-electron chi connectivity index (χ2n) is 4.07. The Hall–Kier alpha value is -1.54. The number of halogens is 1. The van der Waals surface area contributed by atoms with Crippen molar-refractivity contribution in [3.05, 3.63) is 50.6 Å². The van der Waals surface area contributed by atoms with Crippen LogP contribution in [0.4, 0.5) is 0 Å². The molecule has 0 radical (unpaired) electrons. The minimum absolute atomic E-state index is 0.269. The van der Waals surface area contributed by atoms with E-state index in [-0.39, 0.29) is 11.1 Å². The van der Waals surface area contributed by atoms with Crippen molar-refractivity contribution in [2.45, 2.75) is 0 Å². The quantitative estimate of drug-likeness (QED) is 0.624. The fourth-order valence-corrected chi connectivity index (χ4v) is 2.78. The second-order valence-corrected chi connectivity index (χ2v) is 6.38. The summed E-state index contributed by atoms with van der Waals surface area (Å²) in [6, 6.07) is 11.7. The van der Waals surface area contributed by atoms with Crippen molar-refractivity contribution in [3.8, 4) is 11.3 Å². The number of carbonyl (C=O) groups is 1. The summed E-state index contributed by atoms with van der Waals surface area (Å²) >= 11 is 3.41. The lowest BCUT2D eigenvalue weighted by Gasteiger charge is -1.97. The minimum Gasteiger partial charge on any atom is -0.457 e. The van der Waals surface area contributed by atoms with E-state index in [2.05, 4.69) is 27.6 Å². The summed E-state index contributed by atoms with van der Waals surface area (Å²) in [5.41, 5.74) is 6.50. The minimum atomic E-state index is -0.320. The summed E-state index contributed by atoms with van der Waals surface area (Å²) in [6.07, 6.45) is 1.66.